The SMILES string of the molecule is CCN(CC)C(=O)CSc1nnnn1-c1ccc(C)cc1. The van der Waals surface area contributed by atoms with E-state index in [0.29, 0.717) is 10.9 Å². The van der Waals surface area contributed by atoms with Crippen LogP contribution in [-0.2, 0) is 4.79 Å². The molecule has 1 aromatic heterocycles. The zero-order valence-corrected chi connectivity index (χ0v) is 13.3. The van der Waals surface area contributed by atoms with E-state index in [4.69, 9.17) is 0 Å². The molecule has 0 aliphatic heterocycles. The van der Waals surface area contributed by atoms with Crippen LogP contribution in [0, 0.1) is 6.92 Å². The minimum absolute atomic E-state index is 0.100. The van der Waals surface area contributed by atoms with E-state index in [1.54, 1.807) is 9.58 Å². The van der Waals surface area contributed by atoms with Crippen molar-refractivity contribution in [1.29, 1.82) is 0 Å². The van der Waals surface area contributed by atoms with E-state index in [9.17, 15) is 4.79 Å². The summed E-state index contributed by atoms with van der Waals surface area (Å²) in [5.74, 6) is 0.442. The zero-order chi connectivity index (χ0) is 15.2. The number of amides is 1. The maximum atomic E-state index is 12.0. The maximum Gasteiger partial charge on any atom is 0.233 e. The molecule has 6 nitrogen and oxygen atoms in total. The number of tetrazole rings is 1. The Morgan fingerprint density at radius 3 is 2.52 bits per heavy atom. The van der Waals surface area contributed by atoms with Crippen LogP contribution in [0.4, 0.5) is 0 Å². The van der Waals surface area contributed by atoms with Gasteiger partial charge in [0.05, 0.1) is 11.4 Å². The molecule has 1 amide bonds. The van der Waals surface area contributed by atoms with Gasteiger partial charge in [-0.25, -0.2) is 0 Å². The highest BCUT2D eigenvalue weighted by Gasteiger charge is 2.14. The molecule has 0 atom stereocenters. The third kappa shape index (κ3) is 3.81. The van der Waals surface area contributed by atoms with Crippen molar-refractivity contribution in [2.24, 2.45) is 0 Å². The molecule has 0 radical (unpaired) electrons. The summed E-state index contributed by atoms with van der Waals surface area (Å²) in [6.45, 7) is 7.42. The van der Waals surface area contributed by atoms with Gasteiger partial charge in [0, 0.05) is 13.1 Å². The predicted octanol–water partition coefficient (Wildman–Crippen LogP) is 1.93. The molecule has 0 N–H and O–H groups in total. The summed E-state index contributed by atoms with van der Waals surface area (Å²) in [5.41, 5.74) is 2.07. The first kappa shape index (κ1) is 15.5. The number of hydrogen-bond acceptors (Lipinski definition) is 5. The molecule has 0 spiro atoms. The van der Waals surface area contributed by atoms with Crippen LogP contribution in [0.3, 0.4) is 0 Å². The average Bonchev–Trinajstić information content (AvgIpc) is 2.95. The molecular formula is C14H19N5OS. The first-order valence-corrected chi connectivity index (χ1v) is 7.90. The van der Waals surface area contributed by atoms with Crippen molar-refractivity contribution < 1.29 is 4.79 Å². The Hall–Kier alpha value is -1.89. The molecule has 0 fully saturated rings. The van der Waals surface area contributed by atoms with Crippen molar-refractivity contribution in [2.45, 2.75) is 25.9 Å². The largest absolute Gasteiger partial charge is 0.343 e. The van der Waals surface area contributed by atoms with Gasteiger partial charge in [0.2, 0.25) is 11.1 Å². The molecule has 1 heterocycles. The third-order valence-corrected chi connectivity index (χ3v) is 4.06. The van der Waals surface area contributed by atoms with Crippen LogP contribution in [0.1, 0.15) is 19.4 Å². The molecule has 2 rings (SSSR count). The summed E-state index contributed by atoms with van der Waals surface area (Å²) in [4.78, 5) is 13.8. The summed E-state index contributed by atoms with van der Waals surface area (Å²) in [5, 5.41) is 12.3. The number of thioether (sulfide) groups is 1. The van der Waals surface area contributed by atoms with Gasteiger partial charge in [-0.15, -0.1) is 5.10 Å². The molecule has 21 heavy (non-hydrogen) atoms. The number of hydrogen-bond donors (Lipinski definition) is 0. The first-order chi connectivity index (χ1) is 10.2. The second-order valence-electron chi connectivity index (χ2n) is 4.56. The molecule has 0 aliphatic carbocycles. The Bertz CT molecular complexity index is 592. The van der Waals surface area contributed by atoms with Crippen LogP contribution >= 0.6 is 11.8 Å². The highest BCUT2D eigenvalue weighted by Crippen LogP contribution is 2.18. The third-order valence-electron chi connectivity index (χ3n) is 3.16. The quantitative estimate of drug-likeness (QED) is 0.763. The van der Waals surface area contributed by atoms with Gasteiger partial charge in [-0.2, -0.15) is 4.68 Å². The standard InChI is InChI=1S/C14H19N5OS/c1-4-18(5-2)13(20)10-21-14-15-16-17-19(14)12-8-6-11(3)7-9-12/h6-9H,4-5,10H2,1-3H3. The zero-order valence-electron chi connectivity index (χ0n) is 12.5. The molecular weight excluding hydrogens is 286 g/mol. The smallest absolute Gasteiger partial charge is 0.233 e. The lowest BCUT2D eigenvalue weighted by Crippen LogP contribution is -2.31. The first-order valence-electron chi connectivity index (χ1n) is 6.91. The van der Waals surface area contributed by atoms with Crippen LogP contribution < -0.4 is 0 Å². The van der Waals surface area contributed by atoms with Gasteiger partial charge >= 0.3 is 0 Å². The summed E-state index contributed by atoms with van der Waals surface area (Å²) in [6, 6.07) is 7.93. The van der Waals surface area contributed by atoms with Gasteiger partial charge in [-0.1, -0.05) is 29.5 Å². The molecule has 0 aliphatic rings. The molecule has 2 aromatic rings. The lowest BCUT2D eigenvalue weighted by atomic mass is 10.2. The normalized spacial score (nSPS) is 10.6. The minimum atomic E-state index is 0.100. The molecule has 0 bridgehead atoms. The Kier molecular flexibility index (Phi) is 5.32. The minimum Gasteiger partial charge on any atom is -0.343 e. The molecule has 112 valence electrons. The topological polar surface area (TPSA) is 63.9 Å². The van der Waals surface area contributed by atoms with Gasteiger partial charge < -0.3 is 4.90 Å². The number of carbonyl (C=O) groups is 1. The fraction of sp³-hybridized carbons (Fsp3) is 0.429. The summed E-state index contributed by atoms with van der Waals surface area (Å²) < 4.78 is 1.65. The fourth-order valence-electron chi connectivity index (χ4n) is 1.91. The molecule has 1 aromatic carbocycles. The lowest BCUT2D eigenvalue weighted by Gasteiger charge is -2.17. The number of carbonyl (C=O) groups excluding carboxylic acids is 1. The van der Waals surface area contributed by atoms with Crippen LogP contribution in [0.25, 0.3) is 5.69 Å². The molecule has 0 saturated heterocycles. The van der Waals surface area contributed by atoms with Crippen molar-refractivity contribution in [1.82, 2.24) is 25.1 Å². The second kappa shape index (κ2) is 7.21. The van der Waals surface area contributed by atoms with E-state index < -0.39 is 0 Å². The van der Waals surface area contributed by atoms with Crippen molar-refractivity contribution in [3.8, 4) is 5.69 Å². The van der Waals surface area contributed by atoms with Crippen molar-refractivity contribution in [3.05, 3.63) is 29.8 Å². The lowest BCUT2D eigenvalue weighted by molar-refractivity contribution is -0.127. The van der Waals surface area contributed by atoms with E-state index >= 15 is 0 Å². The van der Waals surface area contributed by atoms with Gasteiger partial charge in [0.25, 0.3) is 0 Å². The predicted molar refractivity (Wildman–Crippen MR) is 82.5 cm³/mol. The second-order valence-corrected chi connectivity index (χ2v) is 5.51. The van der Waals surface area contributed by atoms with E-state index in [1.807, 2.05) is 45.0 Å². The highest BCUT2D eigenvalue weighted by atomic mass is 32.2. The Labute approximate surface area is 128 Å². The molecule has 7 heteroatoms. The summed E-state index contributed by atoms with van der Waals surface area (Å²) in [7, 11) is 0. The van der Waals surface area contributed by atoms with E-state index in [0.717, 1.165) is 18.8 Å². The fourth-order valence-corrected chi connectivity index (χ4v) is 2.70. The van der Waals surface area contributed by atoms with Crippen LogP contribution in [0.15, 0.2) is 29.4 Å². The summed E-state index contributed by atoms with van der Waals surface area (Å²) in [6.07, 6.45) is 0. The van der Waals surface area contributed by atoms with Gasteiger partial charge in [-0.05, 0) is 43.3 Å². The highest BCUT2D eigenvalue weighted by molar-refractivity contribution is 7.99. The van der Waals surface area contributed by atoms with Gasteiger partial charge in [0.1, 0.15) is 0 Å². The van der Waals surface area contributed by atoms with Gasteiger partial charge in [0.15, 0.2) is 0 Å². The number of nitrogens with zero attached hydrogens (tertiary/aromatic N) is 5. The number of benzene rings is 1. The Balaban J connectivity index is 2.07. The average molecular weight is 305 g/mol. The van der Waals surface area contributed by atoms with E-state index in [-0.39, 0.29) is 5.91 Å². The van der Waals surface area contributed by atoms with Crippen LogP contribution in [0.2, 0.25) is 0 Å². The summed E-state index contributed by atoms with van der Waals surface area (Å²) >= 11 is 1.36. The van der Waals surface area contributed by atoms with Crippen molar-refractivity contribution in [3.63, 3.8) is 0 Å². The monoisotopic (exact) mass is 305 g/mol. The van der Waals surface area contributed by atoms with Crippen molar-refractivity contribution in [2.75, 3.05) is 18.8 Å². The molecule has 0 unspecified atom stereocenters. The number of aromatic nitrogens is 4. The maximum absolute atomic E-state index is 12.0. The number of aryl methyl sites for hydroxylation is 1. The van der Waals surface area contributed by atoms with E-state index in [2.05, 4.69) is 15.5 Å². The van der Waals surface area contributed by atoms with Crippen LogP contribution in [0.5, 0.6) is 0 Å². The van der Waals surface area contributed by atoms with Crippen molar-refractivity contribution >= 4 is 17.7 Å². The van der Waals surface area contributed by atoms with Gasteiger partial charge in [-0.3, -0.25) is 4.79 Å². The van der Waals surface area contributed by atoms with E-state index in [1.165, 1.54) is 17.3 Å². The van der Waals surface area contributed by atoms with Crippen LogP contribution in [-0.4, -0.2) is 49.9 Å². The Morgan fingerprint density at radius 2 is 1.90 bits per heavy atom. The molecule has 0 saturated carbocycles. The Morgan fingerprint density at radius 1 is 1.24 bits per heavy atom. The number of rotatable bonds is 6.